The zero-order valence-corrected chi connectivity index (χ0v) is 12.5. The van der Waals surface area contributed by atoms with Crippen LogP contribution < -0.4 is 10.7 Å². The van der Waals surface area contributed by atoms with Gasteiger partial charge in [0.25, 0.3) is 5.91 Å². The smallest absolute Gasteiger partial charge is 0.271 e. The molecule has 2 aromatic rings. The summed E-state index contributed by atoms with van der Waals surface area (Å²) in [5.41, 5.74) is 3.59. The lowest BCUT2D eigenvalue weighted by Crippen LogP contribution is -2.17. The molecule has 108 valence electrons. The van der Waals surface area contributed by atoms with Gasteiger partial charge in [-0.1, -0.05) is 0 Å². The number of amides is 2. The summed E-state index contributed by atoms with van der Waals surface area (Å²) >= 11 is 1.60. The zero-order valence-electron chi connectivity index (χ0n) is 11.7. The van der Waals surface area contributed by atoms with Crippen molar-refractivity contribution in [2.45, 2.75) is 13.8 Å². The Hall–Kier alpha value is -2.47. The van der Waals surface area contributed by atoms with Crippen LogP contribution in [-0.2, 0) is 4.79 Å². The second-order valence-corrected chi connectivity index (χ2v) is 5.73. The molecule has 21 heavy (non-hydrogen) atoms. The van der Waals surface area contributed by atoms with Crippen molar-refractivity contribution in [2.24, 2.45) is 5.10 Å². The molecular formula is C15H15N3O2S. The number of rotatable bonds is 4. The number of thiophene rings is 1. The predicted octanol–water partition coefficient (Wildman–Crippen LogP) is 2.78. The van der Waals surface area contributed by atoms with E-state index in [1.807, 2.05) is 19.1 Å². The molecule has 0 aliphatic rings. The van der Waals surface area contributed by atoms with Crippen molar-refractivity contribution >= 4 is 35.1 Å². The van der Waals surface area contributed by atoms with Gasteiger partial charge in [0.05, 0.1) is 6.21 Å². The summed E-state index contributed by atoms with van der Waals surface area (Å²) in [6.07, 6.45) is 1.61. The zero-order chi connectivity index (χ0) is 15.2. The largest absolute Gasteiger partial charge is 0.326 e. The summed E-state index contributed by atoms with van der Waals surface area (Å²) in [6.45, 7) is 3.44. The Morgan fingerprint density at radius 2 is 1.86 bits per heavy atom. The fourth-order valence-electron chi connectivity index (χ4n) is 1.65. The predicted molar refractivity (Wildman–Crippen MR) is 84.9 cm³/mol. The molecule has 2 amide bonds. The lowest BCUT2D eigenvalue weighted by molar-refractivity contribution is -0.114. The van der Waals surface area contributed by atoms with Gasteiger partial charge < -0.3 is 5.32 Å². The number of benzene rings is 1. The molecule has 0 fully saturated rings. The molecule has 2 rings (SSSR count). The van der Waals surface area contributed by atoms with Gasteiger partial charge in [0.15, 0.2) is 0 Å². The lowest BCUT2D eigenvalue weighted by Gasteiger charge is -2.03. The van der Waals surface area contributed by atoms with Crippen molar-refractivity contribution in [2.75, 3.05) is 5.32 Å². The number of hydrogen-bond acceptors (Lipinski definition) is 4. The molecule has 6 heteroatoms. The summed E-state index contributed by atoms with van der Waals surface area (Å²) in [4.78, 5) is 24.9. The van der Waals surface area contributed by atoms with Crippen molar-refractivity contribution in [3.8, 4) is 0 Å². The Kier molecular flexibility index (Phi) is 4.84. The Bertz CT molecular complexity index is 674. The second-order valence-electron chi connectivity index (χ2n) is 4.41. The second kappa shape index (κ2) is 6.81. The first-order valence-corrected chi connectivity index (χ1v) is 7.14. The summed E-state index contributed by atoms with van der Waals surface area (Å²) < 4.78 is 0. The van der Waals surface area contributed by atoms with Crippen molar-refractivity contribution in [3.05, 3.63) is 51.7 Å². The van der Waals surface area contributed by atoms with Crippen molar-refractivity contribution in [1.82, 2.24) is 5.43 Å². The van der Waals surface area contributed by atoms with E-state index in [0.717, 1.165) is 4.88 Å². The monoisotopic (exact) mass is 301 g/mol. The molecule has 0 aliphatic carbocycles. The van der Waals surface area contributed by atoms with E-state index < -0.39 is 0 Å². The van der Waals surface area contributed by atoms with Gasteiger partial charge in [-0.25, -0.2) is 5.43 Å². The van der Waals surface area contributed by atoms with Crippen LogP contribution in [0.1, 0.15) is 27.0 Å². The molecule has 0 radical (unpaired) electrons. The number of carbonyl (C=O) groups is 2. The van der Waals surface area contributed by atoms with Crippen molar-refractivity contribution in [3.63, 3.8) is 0 Å². The molecule has 0 saturated heterocycles. The fourth-order valence-corrected chi connectivity index (χ4v) is 2.40. The normalized spacial score (nSPS) is 10.6. The van der Waals surface area contributed by atoms with E-state index in [1.165, 1.54) is 11.8 Å². The molecule has 5 nitrogen and oxygen atoms in total. The molecule has 0 spiro atoms. The fraction of sp³-hybridized carbons (Fsp3) is 0.133. The molecule has 1 aromatic heterocycles. The first-order chi connectivity index (χ1) is 10.0. The van der Waals surface area contributed by atoms with E-state index >= 15 is 0 Å². The third-order valence-corrected chi connectivity index (χ3v) is 3.52. The number of anilines is 1. The minimum atomic E-state index is -0.297. The molecule has 0 bridgehead atoms. The van der Waals surface area contributed by atoms with E-state index in [9.17, 15) is 9.59 Å². The minimum absolute atomic E-state index is 0.150. The van der Waals surface area contributed by atoms with E-state index in [0.29, 0.717) is 11.3 Å². The summed E-state index contributed by atoms with van der Waals surface area (Å²) in [6, 6.07) is 10.5. The quantitative estimate of drug-likeness (QED) is 0.673. The molecule has 0 aliphatic heterocycles. The van der Waals surface area contributed by atoms with E-state index in [4.69, 9.17) is 0 Å². The van der Waals surface area contributed by atoms with Crippen LogP contribution >= 0.6 is 11.3 Å². The van der Waals surface area contributed by atoms with E-state index in [-0.39, 0.29) is 11.8 Å². The molecule has 0 unspecified atom stereocenters. The first-order valence-electron chi connectivity index (χ1n) is 6.32. The van der Waals surface area contributed by atoms with Gasteiger partial charge >= 0.3 is 0 Å². The van der Waals surface area contributed by atoms with Gasteiger partial charge in [0.2, 0.25) is 5.91 Å². The molecular weight excluding hydrogens is 286 g/mol. The molecule has 0 saturated carbocycles. The first kappa shape index (κ1) is 14.9. The maximum Gasteiger partial charge on any atom is 0.271 e. The highest BCUT2D eigenvalue weighted by Gasteiger charge is 2.04. The number of aryl methyl sites for hydroxylation is 1. The Morgan fingerprint density at radius 3 is 2.43 bits per heavy atom. The van der Waals surface area contributed by atoms with Crippen LogP contribution in [0.25, 0.3) is 0 Å². The van der Waals surface area contributed by atoms with Crippen LogP contribution in [0.2, 0.25) is 0 Å². The topological polar surface area (TPSA) is 70.6 Å². The highest BCUT2D eigenvalue weighted by atomic mass is 32.1. The Labute approximate surface area is 126 Å². The van der Waals surface area contributed by atoms with Crippen LogP contribution in [-0.4, -0.2) is 18.0 Å². The Morgan fingerprint density at radius 1 is 1.14 bits per heavy atom. The third-order valence-electron chi connectivity index (χ3n) is 2.59. The molecule has 0 atom stereocenters. The number of nitrogens with one attached hydrogen (secondary N) is 2. The van der Waals surface area contributed by atoms with Gasteiger partial charge in [-0.3, -0.25) is 9.59 Å². The molecule has 1 aromatic carbocycles. The van der Waals surface area contributed by atoms with Gasteiger partial charge in [-0.15, -0.1) is 11.3 Å². The van der Waals surface area contributed by atoms with Crippen LogP contribution in [0.3, 0.4) is 0 Å². The van der Waals surface area contributed by atoms with Crippen LogP contribution in [0.5, 0.6) is 0 Å². The minimum Gasteiger partial charge on any atom is -0.326 e. The van der Waals surface area contributed by atoms with Gasteiger partial charge in [-0.05, 0) is 43.3 Å². The summed E-state index contributed by atoms with van der Waals surface area (Å²) in [7, 11) is 0. The standard InChI is InChI=1S/C15H15N3O2S/c1-10-3-8-14(21-10)9-16-18-15(20)12-4-6-13(7-5-12)17-11(2)19/h3-9H,1-2H3,(H,17,19)(H,18,20). The van der Waals surface area contributed by atoms with Crippen molar-refractivity contribution in [1.29, 1.82) is 0 Å². The van der Waals surface area contributed by atoms with Crippen LogP contribution in [0.4, 0.5) is 5.69 Å². The maximum absolute atomic E-state index is 11.9. The van der Waals surface area contributed by atoms with Crippen LogP contribution in [0.15, 0.2) is 41.5 Å². The number of hydrazone groups is 1. The SMILES string of the molecule is CC(=O)Nc1ccc(C(=O)NN=Cc2ccc(C)s2)cc1. The number of hydrogen-bond donors (Lipinski definition) is 2. The average Bonchev–Trinajstić information content (AvgIpc) is 2.84. The average molecular weight is 301 g/mol. The highest BCUT2D eigenvalue weighted by Crippen LogP contribution is 2.12. The maximum atomic E-state index is 11.9. The van der Waals surface area contributed by atoms with Crippen LogP contribution in [0, 0.1) is 6.92 Å². The van der Waals surface area contributed by atoms with Crippen molar-refractivity contribution < 1.29 is 9.59 Å². The highest BCUT2D eigenvalue weighted by molar-refractivity contribution is 7.13. The van der Waals surface area contributed by atoms with Gasteiger partial charge in [0.1, 0.15) is 0 Å². The molecule has 2 N–H and O–H groups in total. The Balaban J connectivity index is 1.94. The third kappa shape index (κ3) is 4.54. The molecule has 1 heterocycles. The van der Waals surface area contributed by atoms with Gasteiger partial charge in [-0.2, -0.15) is 5.10 Å². The van der Waals surface area contributed by atoms with E-state index in [1.54, 1.807) is 41.8 Å². The lowest BCUT2D eigenvalue weighted by atomic mass is 10.2. The number of carbonyl (C=O) groups excluding carboxylic acids is 2. The summed E-state index contributed by atoms with van der Waals surface area (Å²) in [5.74, 6) is -0.447. The van der Waals surface area contributed by atoms with Gasteiger partial charge in [0, 0.05) is 27.9 Å². The summed E-state index contributed by atoms with van der Waals surface area (Å²) in [5, 5.41) is 6.56. The van der Waals surface area contributed by atoms with E-state index in [2.05, 4.69) is 15.8 Å². The number of nitrogens with zero attached hydrogens (tertiary/aromatic N) is 1.